The van der Waals surface area contributed by atoms with Crippen LogP contribution in [0.1, 0.15) is 18.1 Å². The Kier molecular flexibility index (Phi) is 2.44. The topological polar surface area (TPSA) is 69.4 Å². The third-order valence-electron chi connectivity index (χ3n) is 3.27. The first-order chi connectivity index (χ1) is 8.00. The summed E-state index contributed by atoms with van der Waals surface area (Å²) in [7, 11) is 1.37. The van der Waals surface area contributed by atoms with Crippen molar-refractivity contribution in [1.82, 2.24) is 0 Å². The maximum absolute atomic E-state index is 9.21. The zero-order valence-electron chi connectivity index (χ0n) is 10.1. The molecule has 0 bridgehead atoms. The van der Waals surface area contributed by atoms with E-state index in [1.807, 2.05) is 37.3 Å². The van der Waals surface area contributed by atoms with Crippen molar-refractivity contribution in [2.75, 3.05) is 7.11 Å². The van der Waals surface area contributed by atoms with Crippen molar-refractivity contribution in [3.8, 4) is 6.07 Å². The molecule has 0 aliphatic carbocycles. The first kappa shape index (κ1) is 11.6. The molecule has 1 aromatic rings. The predicted molar refractivity (Wildman–Crippen MR) is 62.7 cm³/mol. The van der Waals surface area contributed by atoms with E-state index in [-0.39, 0.29) is 5.90 Å². The Morgan fingerprint density at radius 3 is 2.47 bits per heavy atom. The lowest BCUT2D eigenvalue weighted by atomic mass is 9.88. The number of hydrogen-bond donors (Lipinski definition) is 1. The van der Waals surface area contributed by atoms with Crippen molar-refractivity contribution in [2.45, 2.75) is 25.0 Å². The second kappa shape index (κ2) is 3.57. The summed E-state index contributed by atoms with van der Waals surface area (Å²) in [6.45, 7) is 3.79. The SMILES string of the molecule is COC(=N)[C@@]1(C#N)O[C@]1(C)c1ccc(C)cc1. The predicted octanol–water partition coefficient (Wildman–Crippen LogP) is 2.13. The number of hydrogen-bond acceptors (Lipinski definition) is 4. The van der Waals surface area contributed by atoms with Crippen molar-refractivity contribution in [3.63, 3.8) is 0 Å². The summed E-state index contributed by atoms with van der Waals surface area (Å²) in [5, 5.41) is 16.9. The van der Waals surface area contributed by atoms with Crippen LogP contribution in [0.4, 0.5) is 0 Å². The zero-order chi connectivity index (χ0) is 12.7. The second-order valence-electron chi connectivity index (χ2n) is 4.33. The van der Waals surface area contributed by atoms with Gasteiger partial charge in [-0.05, 0) is 19.4 Å². The van der Waals surface area contributed by atoms with E-state index in [0.717, 1.165) is 11.1 Å². The molecule has 1 N–H and O–H groups in total. The average Bonchev–Trinajstić information content (AvgIpc) is 2.97. The Morgan fingerprint density at radius 2 is 2.00 bits per heavy atom. The van der Waals surface area contributed by atoms with E-state index >= 15 is 0 Å². The van der Waals surface area contributed by atoms with E-state index in [9.17, 15) is 5.26 Å². The summed E-state index contributed by atoms with van der Waals surface area (Å²) < 4.78 is 10.4. The fourth-order valence-electron chi connectivity index (χ4n) is 2.00. The largest absolute Gasteiger partial charge is 0.481 e. The lowest BCUT2D eigenvalue weighted by molar-refractivity contribution is 0.292. The van der Waals surface area contributed by atoms with Crippen LogP contribution in [0.3, 0.4) is 0 Å². The van der Waals surface area contributed by atoms with Gasteiger partial charge in [-0.15, -0.1) is 0 Å². The molecule has 1 aromatic carbocycles. The molecule has 4 heteroatoms. The fourth-order valence-corrected chi connectivity index (χ4v) is 2.00. The fraction of sp³-hybridized carbons (Fsp3) is 0.385. The van der Waals surface area contributed by atoms with Gasteiger partial charge in [0.2, 0.25) is 5.90 Å². The Bertz CT molecular complexity index is 503. The molecule has 2 atom stereocenters. The normalized spacial score (nSPS) is 30.5. The van der Waals surface area contributed by atoms with Gasteiger partial charge >= 0.3 is 0 Å². The van der Waals surface area contributed by atoms with Crippen LogP contribution in [0.5, 0.6) is 0 Å². The highest BCUT2D eigenvalue weighted by Gasteiger charge is 2.73. The summed E-state index contributed by atoms with van der Waals surface area (Å²) in [5.41, 5.74) is -0.0478. The quantitative estimate of drug-likeness (QED) is 0.480. The highest BCUT2D eigenvalue weighted by atomic mass is 16.7. The first-order valence-electron chi connectivity index (χ1n) is 5.32. The van der Waals surface area contributed by atoms with Crippen molar-refractivity contribution in [1.29, 1.82) is 10.7 Å². The summed E-state index contributed by atoms with van der Waals surface area (Å²) in [6, 6.07) is 9.78. The van der Waals surface area contributed by atoms with Gasteiger partial charge in [0.05, 0.1) is 7.11 Å². The molecule has 1 fully saturated rings. The van der Waals surface area contributed by atoms with Crippen LogP contribution in [-0.4, -0.2) is 18.6 Å². The number of epoxide rings is 1. The van der Waals surface area contributed by atoms with Gasteiger partial charge in [-0.1, -0.05) is 29.8 Å². The summed E-state index contributed by atoms with van der Waals surface area (Å²) >= 11 is 0. The molecular weight excluding hydrogens is 216 g/mol. The Labute approximate surface area is 100 Å². The van der Waals surface area contributed by atoms with Gasteiger partial charge in [-0.2, -0.15) is 5.26 Å². The molecule has 0 spiro atoms. The number of nitrogens with zero attached hydrogens (tertiary/aromatic N) is 1. The number of nitriles is 1. The van der Waals surface area contributed by atoms with Crippen LogP contribution >= 0.6 is 0 Å². The minimum absolute atomic E-state index is 0.150. The van der Waals surface area contributed by atoms with E-state index in [1.165, 1.54) is 7.11 Å². The number of ether oxygens (including phenoxy) is 2. The molecule has 2 rings (SSSR count). The molecular formula is C13H14N2O2. The molecule has 1 saturated heterocycles. The van der Waals surface area contributed by atoms with Crippen LogP contribution in [0.15, 0.2) is 24.3 Å². The molecule has 1 heterocycles. The Morgan fingerprint density at radius 1 is 1.41 bits per heavy atom. The van der Waals surface area contributed by atoms with Crippen molar-refractivity contribution < 1.29 is 9.47 Å². The number of methoxy groups -OCH3 is 1. The number of nitrogens with one attached hydrogen (secondary N) is 1. The van der Waals surface area contributed by atoms with E-state index in [0.29, 0.717) is 0 Å². The minimum Gasteiger partial charge on any atom is -0.481 e. The summed E-state index contributed by atoms with van der Waals surface area (Å²) in [4.78, 5) is 0. The first-order valence-corrected chi connectivity index (χ1v) is 5.32. The van der Waals surface area contributed by atoms with Gasteiger partial charge in [0.25, 0.3) is 5.60 Å². The maximum atomic E-state index is 9.21. The number of rotatable bonds is 2. The molecule has 0 unspecified atom stereocenters. The smallest absolute Gasteiger partial charge is 0.263 e. The van der Waals surface area contributed by atoms with Crippen molar-refractivity contribution >= 4 is 5.90 Å². The molecule has 0 saturated carbocycles. The van der Waals surface area contributed by atoms with Crippen LogP contribution in [0, 0.1) is 23.7 Å². The van der Waals surface area contributed by atoms with Crippen LogP contribution in [0.2, 0.25) is 0 Å². The molecule has 1 aliphatic rings. The number of benzene rings is 1. The lowest BCUT2D eigenvalue weighted by Gasteiger charge is -2.11. The van der Waals surface area contributed by atoms with E-state index in [2.05, 4.69) is 0 Å². The molecule has 0 aromatic heterocycles. The average molecular weight is 230 g/mol. The van der Waals surface area contributed by atoms with Crippen LogP contribution in [-0.2, 0) is 15.1 Å². The summed E-state index contributed by atoms with van der Waals surface area (Å²) in [6.07, 6.45) is 0. The molecule has 88 valence electrons. The van der Waals surface area contributed by atoms with Gasteiger partial charge in [-0.25, -0.2) is 0 Å². The van der Waals surface area contributed by atoms with Crippen molar-refractivity contribution in [3.05, 3.63) is 35.4 Å². The van der Waals surface area contributed by atoms with Gasteiger partial charge < -0.3 is 9.47 Å². The standard InChI is InChI=1S/C13H14N2O2/c1-9-4-6-10(7-5-9)12(2)13(8-14,17-12)11(15)16-3/h4-7,15H,1-3H3/t12-,13-/m1/s1. The molecule has 17 heavy (non-hydrogen) atoms. The Hall–Kier alpha value is -1.86. The van der Waals surface area contributed by atoms with Crippen LogP contribution in [0.25, 0.3) is 0 Å². The maximum Gasteiger partial charge on any atom is 0.263 e. The van der Waals surface area contributed by atoms with Crippen LogP contribution < -0.4 is 0 Å². The zero-order valence-corrected chi connectivity index (χ0v) is 10.1. The second-order valence-corrected chi connectivity index (χ2v) is 4.33. The van der Waals surface area contributed by atoms with E-state index < -0.39 is 11.2 Å². The molecule has 1 aliphatic heterocycles. The lowest BCUT2D eigenvalue weighted by Crippen LogP contribution is -2.30. The Balaban J connectivity index is 2.39. The molecule has 0 radical (unpaired) electrons. The van der Waals surface area contributed by atoms with E-state index in [1.54, 1.807) is 6.92 Å². The van der Waals surface area contributed by atoms with Gasteiger partial charge in [-0.3, -0.25) is 5.41 Å². The van der Waals surface area contributed by atoms with Gasteiger partial charge in [0.15, 0.2) is 0 Å². The van der Waals surface area contributed by atoms with E-state index in [4.69, 9.17) is 14.9 Å². The molecule has 4 nitrogen and oxygen atoms in total. The third kappa shape index (κ3) is 1.43. The minimum atomic E-state index is -1.28. The summed E-state index contributed by atoms with van der Waals surface area (Å²) in [5.74, 6) is -0.150. The molecule has 0 amide bonds. The van der Waals surface area contributed by atoms with Gasteiger partial charge in [0, 0.05) is 0 Å². The third-order valence-corrected chi connectivity index (χ3v) is 3.27. The highest BCUT2D eigenvalue weighted by Crippen LogP contribution is 2.55. The van der Waals surface area contributed by atoms with Gasteiger partial charge in [0.1, 0.15) is 11.7 Å². The monoisotopic (exact) mass is 230 g/mol. The number of aryl methyl sites for hydroxylation is 1. The highest BCUT2D eigenvalue weighted by molar-refractivity contribution is 5.91. The van der Waals surface area contributed by atoms with Crippen molar-refractivity contribution in [2.24, 2.45) is 0 Å².